The van der Waals surface area contributed by atoms with Crippen molar-refractivity contribution in [2.24, 2.45) is 5.92 Å². The van der Waals surface area contributed by atoms with Gasteiger partial charge in [-0.1, -0.05) is 36.4 Å². The molecule has 144 valence electrons. The molecule has 0 N–H and O–H groups in total. The standard InChI is InChI=1S/C23H23NO4/c1-23-14-18(17-6-4-5-7-20(17)28-23)21(22(26)24(23)2)19(25)13-10-15-8-11-16(27-3)12-9-15/h4-13,18,21H,14H2,1-3H3/b13-10+. The third-order valence-electron chi connectivity index (χ3n) is 5.82. The van der Waals surface area contributed by atoms with Crippen LogP contribution in [-0.4, -0.2) is 36.5 Å². The Morgan fingerprint density at radius 1 is 1.21 bits per heavy atom. The van der Waals surface area contributed by atoms with E-state index < -0.39 is 11.6 Å². The van der Waals surface area contributed by atoms with Crippen molar-refractivity contribution in [3.63, 3.8) is 0 Å². The minimum atomic E-state index is -0.738. The zero-order chi connectivity index (χ0) is 19.9. The van der Waals surface area contributed by atoms with Crippen molar-refractivity contribution in [3.05, 3.63) is 65.7 Å². The number of benzene rings is 2. The molecule has 0 saturated carbocycles. The Balaban J connectivity index is 1.65. The van der Waals surface area contributed by atoms with Crippen LogP contribution in [0.15, 0.2) is 54.6 Å². The van der Waals surface area contributed by atoms with Gasteiger partial charge in [-0.05, 0) is 42.3 Å². The van der Waals surface area contributed by atoms with Gasteiger partial charge in [0.2, 0.25) is 5.91 Å². The molecule has 3 atom stereocenters. The lowest BCUT2D eigenvalue weighted by Gasteiger charge is -2.51. The van der Waals surface area contributed by atoms with Gasteiger partial charge in [0.1, 0.15) is 17.4 Å². The second-order valence-corrected chi connectivity index (χ2v) is 7.51. The number of allylic oxidation sites excluding steroid dienone is 1. The van der Waals surface area contributed by atoms with E-state index in [1.807, 2.05) is 55.5 Å². The highest BCUT2D eigenvalue weighted by Crippen LogP contribution is 2.49. The predicted molar refractivity (Wildman–Crippen MR) is 106 cm³/mol. The van der Waals surface area contributed by atoms with E-state index in [1.54, 1.807) is 25.1 Å². The van der Waals surface area contributed by atoms with Crippen LogP contribution in [0.2, 0.25) is 0 Å². The predicted octanol–water partition coefficient (Wildman–Crippen LogP) is 3.65. The number of nitrogens with zero attached hydrogens (tertiary/aromatic N) is 1. The van der Waals surface area contributed by atoms with Crippen molar-refractivity contribution in [2.75, 3.05) is 14.2 Å². The average Bonchev–Trinajstić information content (AvgIpc) is 2.71. The van der Waals surface area contributed by atoms with Crippen LogP contribution in [0, 0.1) is 5.92 Å². The molecule has 1 fully saturated rings. The van der Waals surface area contributed by atoms with Gasteiger partial charge in [-0.3, -0.25) is 9.59 Å². The Kier molecular flexibility index (Phi) is 4.46. The van der Waals surface area contributed by atoms with Crippen molar-refractivity contribution >= 4 is 17.8 Å². The minimum Gasteiger partial charge on any atom is -0.497 e. The van der Waals surface area contributed by atoms with Crippen LogP contribution in [-0.2, 0) is 9.59 Å². The molecule has 1 amide bonds. The maximum absolute atomic E-state index is 13.1. The van der Waals surface area contributed by atoms with Crippen molar-refractivity contribution in [2.45, 2.75) is 25.0 Å². The molecular weight excluding hydrogens is 354 g/mol. The number of fused-ring (bicyclic) bond motifs is 4. The number of hydrogen-bond donors (Lipinski definition) is 0. The first kappa shape index (κ1) is 18.3. The number of rotatable bonds is 4. The minimum absolute atomic E-state index is 0.184. The highest BCUT2D eigenvalue weighted by Gasteiger charge is 2.54. The molecule has 0 aromatic heterocycles. The Hall–Kier alpha value is -3.08. The van der Waals surface area contributed by atoms with Crippen LogP contribution in [0.1, 0.15) is 30.4 Å². The molecule has 5 nitrogen and oxygen atoms in total. The summed E-state index contributed by atoms with van der Waals surface area (Å²) < 4.78 is 11.3. The van der Waals surface area contributed by atoms with Crippen LogP contribution in [0.25, 0.3) is 6.08 Å². The molecule has 0 aliphatic carbocycles. The quantitative estimate of drug-likeness (QED) is 0.603. The fourth-order valence-corrected chi connectivity index (χ4v) is 4.11. The molecule has 3 unspecified atom stereocenters. The number of hydrogen-bond acceptors (Lipinski definition) is 4. The Morgan fingerprint density at radius 3 is 2.64 bits per heavy atom. The van der Waals surface area contributed by atoms with Gasteiger partial charge in [0.25, 0.3) is 0 Å². The Labute approximate surface area is 164 Å². The largest absolute Gasteiger partial charge is 0.497 e. The second kappa shape index (κ2) is 6.82. The molecule has 2 heterocycles. The summed E-state index contributed by atoms with van der Waals surface area (Å²) >= 11 is 0. The monoisotopic (exact) mass is 377 g/mol. The van der Waals surface area contributed by atoms with Gasteiger partial charge in [-0.2, -0.15) is 0 Å². The fraction of sp³-hybridized carbons (Fsp3) is 0.304. The number of carbonyl (C=O) groups excluding carboxylic acids is 2. The lowest BCUT2D eigenvalue weighted by atomic mass is 9.72. The number of carbonyl (C=O) groups is 2. The summed E-state index contributed by atoms with van der Waals surface area (Å²) in [6, 6.07) is 15.1. The molecule has 1 saturated heterocycles. The summed E-state index contributed by atoms with van der Waals surface area (Å²) in [5.41, 5.74) is 1.08. The molecular formula is C23H23NO4. The van der Waals surface area contributed by atoms with Gasteiger partial charge in [0, 0.05) is 19.4 Å². The van der Waals surface area contributed by atoms with Gasteiger partial charge in [-0.15, -0.1) is 0 Å². The van der Waals surface area contributed by atoms with Crippen molar-refractivity contribution in [1.82, 2.24) is 4.90 Å². The number of likely N-dealkylation sites (tertiary alicyclic amines) is 1. The van der Waals surface area contributed by atoms with Crippen molar-refractivity contribution in [3.8, 4) is 11.5 Å². The van der Waals surface area contributed by atoms with Crippen LogP contribution in [0.4, 0.5) is 0 Å². The molecule has 28 heavy (non-hydrogen) atoms. The van der Waals surface area contributed by atoms with Gasteiger partial charge in [0.05, 0.1) is 7.11 Å². The molecule has 2 aliphatic rings. The fourth-order valence-electron chi connectivity index (χ4n) is 4.11. The van der Waals surface area contributed by atoms with Gasteiger partial charge in [-0.25, -0.2) is 0 Å². The number of amides is 1. The van der Waals surface area contributed by atoms with E-state index >= 15 is 0 Å². The molecule has 5 heteroatoms. The van der Waals surface area contributed by atoms with E-state index in [0.29, 0.717) is 6.42 Å². The molecule has 2 aliphatic heterocycles. The highest BCUT2D eigenvalue weighted by molar-refractivity contribution is 6.09. The van der Waals surface area contributed by atoms with Gasteiger partial charge >= 0.3 is 0 Å². The van der Waals surface area contributed by atoms with Crippen LogP contribution < -0.4 is 9.47 Å². The lowest BCUT2D eigenvalue weighted by molar-refractivity contribution is -0.170. The highest BCUT2D eigenvalue weighted by atomic mass is 16.5. The third-order valence-corrected chi connectivity index (χ3v) is 5.82. The maximum atomic E-state index is 13.1. The summed E-state index contributed by atoms with van der Waals surface area (Å²) in [4.78, 5) is 27.7. The smallest absolute Gasteiger partial charge is 0.236 e. The summed E-state index contributed by atoms with van der Waals surface area (Å²) in [6.45, 7) is 1.90. The van der Waals surface area contributed by atoms with E-state index in [2.05, 4.69) is 0 Å². The first-order chi connectivity index (χ1) is 13.4. The van der Waals surface area contributed by atoms with Gasteiger partial charge < -0.3 is 14.4 Å². The molecule has 0 radical (unpaired) electrons. The van der Waals surface area contributed by atoms with Crippen LogP contribution in [0.5, 0.6) is 11.5 Å². The second-order valence-electron chi connectivity index (χ2n) is 7.51. The molecule has 2 bridgehead atoms. The zero-order valence-corrected chi connectivity index (χ0v) is 16.2. The van der Waals surface area contributed by atoms with E-state index in [1.165, 1.54) is 6.08 Å². The van der Waals surface area contributed by atoms with E-state index in [-0.39, 0.29) is 17.6 Å². The number of piperidine rings is 1. The first-order valence-electron chi connectivity index (χ1n) is 9.34. The van der Waals surface area contributed by atoms with Gasteiger partial charge in [0.15, 0.2) is 11.5 Å². The summed E-state index contributed by atoms with van der Waals surface area (Å²) in [5.74, 6) is 0.196. The maximum Gasteiger partial charge on any atom is 0.236 e. The van der Waals surface area contributed by atoms with E-state index in [4.69, 9.17) is 9.47 Å². The van der Waals surface area contributed by atoms with Crippen molar-refractivity contribution < 1.29 is 19.1 Å². The van der Waals surface area contributed by atoms with Crippen molar-refractivity contribution in [1.29, 1.82) is 0 Å². The van der Waals surface area contributed by atoms with Crippen LogP contribution in [0.3, 0.4) is 0 Å². The number of ether oxygens (including phenoxy) is 2. The van der Waals surface area contributed by atoms with Crippen LogP contribution >= 0.6 is 0 Å². The third kappa shape index (κ3) is 2.97. The summed E-state index contributed by atoms with van der Waals surface area (Å²) in [6.07, 6.45) is 3.85. The van der Waals surface area contributed by atoms with E-state index in [9.17, 15) is 9.59 Å². The molecule has 4 rings (SSSR count). The topological polar surface area (TPSA) is 55.8 Å². The number of ketones is 1. The average molecular weight is 377 g/mol. The number of para-hydroxylation sites is 1. The SMILES string of the molecule is COc1ccc(/C=C/C(=O)C2C(=O)N(C)C3(C)CC2c2ccccc2O3)cc1. The first-order valence-corrected chi connectivity index (χ1v) is 9.34. The van der Waals surface area contributed by atoms with E-state index in [0.717, 1.165) is 22.6 Å². The Morgan fingerprint density at radius 2 is 1.93 bits per heavy atom. The molecule has 2 aromatic rings. The number of methoxy groups -OCH3 is 1. The normalized spacial score (nSPS) is 26.0. The Bertz CT molecular complexity index is 949. The summed E-state index contributed by atoms with van der Waals surface area (Å²) in [5, 5.41) is 0. The molecule has 0 spiro atoms. The lowest BCUT2D eigenvalue weighted by Crippen LogP contribution is -2.62. The summed E-state index contributed by atoms with van der Waals surface area (Å²) in [7, 11) is 3.32. The zero-order valence-electron chi connectivity index (χ0n) is 16.2. The molecule has 2 aromatic carbocycles.